The van der Waals surface area contributed by atoms with Gasteiger partial charge >= 0.3 is 6.09 Å². The lowest BCUT2D eigenvalue weighted by Crippen LogP contribution is -2.32. The molecule has 2 aliphatic rings. The minimum Gasteiger partial charge on any atom is -0.494 e. The minimum atomic E-state index is -0.422. The smallest absolute Gasteiger partial charge is 0.413 e. The number of aryl methyl sites for hydroxylation is 1. The maximum Gasteiger partial charge on any atom is 0.413 e. The van der Waals surface area contributed by atoms with Crippen LogP contribution in [0.5, 0.6) is 11.6 Å². The molecule has 1 N–H and O–H groups in total. The summed E-state index contributed by atoms with van der Waals surface area (Å²) in [6, 6.07) is 9.54. The Hall–Kier alpha value is -2.54. The number of hydrogen-bond donors (Lipinski definition) is 1. The van der Waals surface area contributed by atoms with Gasteiger partial charge in [0.25, 0.3) is 0 Å². The molecule has 1 amide bonds. The fourth-order valence-corrected chi connectivity index (χ4v) is 4.65. The number of nitrogens with one attached hydrogen (secondary N) is 1. The third-order valence-corrected chi connectivity index (χ3v) is 6.42. The first-order valence-electron chi connectivity index (χ1n) is 12.2. The Morgan fingerprint density at radius 3 is 2.59 bits per heavy atom. The summed E-state index contributed by atoms with van der Waals surface area (Å²) in [5.41, 5.74) is 1.62. The normalized spacial score (nSPS) is 17.4. The van der Waals surface area contributed by atoms with Gasteiger partial charge in [-0.25, -0.2) is 9.48 Å². The summed E-state index contributed by atoms with van der Waals surface area (Å²) in [7, 11) is 0. The molecule has 0 radical (unpaired) electrons. The quantitative estimate of drug-likeness (QED) is 0.572. The van der Waals surface area contributed by atoms with Crippen molar-refractivity contribution >= 4 is 6.09 Å². The zero-order valence-corrected chi connectivity index (χ0v) is 19.2. The number of carbonyl (C=O) groups is 1. The molecule has 0 bridgehead atoms. The second-order valence-corrected chi connectivity index (χ2v) is 9.05. The number of hydrogen-bond acceptors (Lipinski definition) is 5. The van der Waals surface area contributed by atoms with E-state index in [0.29, 0.717) is 24.9 Å². The van der Waals surface area contributed by atoms with Crippen LogP contribution in [0.1, 0.15) is 57.1 Å². The summed E-state index contributed by atoms with van der Waals surface area (Å²) >= 11 is 0. The predicted octanol–water partition coefficient (Wildman–Crippen LogP) is 4.71. The summed E-state index contributed by atoms with van der Waals surface area (Å²) in [6.07, 6.45) is 9.45. The van der Waals surface area contributed by atoms with Gasteiger partial charge in [-0.2, -0.15) is 5.10 Å². The van der Waals surface area contributed by atoms with Crippen LogP contribution in [0.25, 0.3) is 5.69 Å². The first-order chi connectivity index (χ1) is 15.7. The van der Waals surface area contributed by atoms with Crippen molar-refractivity contribution in [3.63, 3.8) is 0 Å². The van der Waals surface area contributed by atoms with Crippen molar-refractivity contribution in [2.45, 2.75) is 58.3 Å². The number of aromatic nitrogens is 2. The van der Waals surface area contributed by atoms with Crippen molar-refractivity contribution in [1.29, 1.82) is 0 Å². The van der Waals surface area contributed by atoms with Crippen LogP contribution >= 0.6 is 0 Å². The zero-order chi connectivity index (χ0) is 22.2. The van der Waals surface area contributed by atoms with Crippen LogP contribution in [0.3, 0.4) is 0 Å². The SMILES string of the molecule is Cc1cc(OC(=O)NCC2CCCCC2)n(-c2ccc(OCCCN3CCCC3)cc2)n1. The van der Waals surface area contributed by atoms with E-state index >= 15 is 0 Å². The lowest BCUT2D eigenvalue weighted by Gasteiger charge is -2.21. The molecule has 1 saturated carbocycles. The van der Waals surface area contributed by atoms with E-state index in [2.05, 4.69) is 15.3 Å². The van der Waals surface area contributed by atoms with Gasteiger partial charge < -0.3 is 19.7 Å². The summed E-state index contributed by atoms with van der Waals surface area (Å²) in [6.45, 7) is 6.83. The minimum absolute atomic E-state index is 0.419. The van der Waals surface area contributed by atoms with Crippen molar-refractivity contribution < 1.29 is 14.3 Å². The van der Waals surface area contributed by atoms with Gasteiger partial charge in [0, 0.05) is 19.2 Å². The van der Waals surface area contributed by atoms with Crippen LogP contribution in [-0.4, -0.2) is 53.6 Å². The van der Waals surface area contributed by atoms with E-state index in [-0.39, 0.29) is 0 Å². The van der Waals surface area contributed by atoms with Crippen molar-refractivity contribution in [2.24, 2.45) is 5.92 Å². The molecule has 2 fully saturated rings. The van der Waals surface area contributed by atoms with E-state index in [1.165, 1.54) is 58.0 Å². The molecule has 7 nitrogen and oxygen atoms in total. The van der Waals surface area contributed by atoms with E-state index in [0.717, 1.165) is 30.1 Å². The van der Waals surface area contributed by atoms with E-state index in [9.17, 15) is 4.79 Å². The Bertz CT molecular complexity index is 853. The molecule has 7 heteroatoms. The van der Waals surface area contributed by atoms with E-state index in [1.807, 2.05) is 31.2 Å². The van der Waals surface area contributed by atoms with Crippen LogP contribution < -0.4 is 14.8 Å². The third-order valence-electron chi connectivity index (χ3n) is 6.42. The molecule has 1 aromatic heterocycles. The average molecular weight is 441 g/mol. The maximum absolute atomic E-state index is 12.3. The van der Waals surface area contributed by atoms with Crippen molar-refractivity contribution in [1.82, 2.24) is 20.0 Å². The maximum atomic E-state index is 12.3. The monoisotopic (exact) mass is 440 g/mol. The molecule has 0 atom stereocenters. The average Bonchev–Trinajstić information content (AvgIpc) is 3.46. The zero-order valence-electron chi connectivity index (χ0n) is 19.2. The summed E-state index contributed by atoms with van der Waals surface area (Å²) in [5, 5.41) is 7.42. The van der Waals surface area contributed by atoms with Gasteiger partial charge in [-0.1, -0.05) is 19.3 Å². The second-order valence-electron chi connectivity index (χ2n) is 9.05. The fourth-order valence-electron chi connectivity index (χ4n) is 4.65. The number of nitrogens with zero attached hydrogens (tertiary/aromatic N) is 3. The van der Waals surface area contributed by atoms with Crippen molar-refractivity contribution in [3.8, 4) is 17.3 Å². The van der Waals surface area contributed by atoms with Gasteiger partial charge in [-0.05, 0) is 82.3 Å². The number of likely N-dealkylation sites (tertiary alicyclic amines) is 1. The molecule has 32 heavy (non-hydrogen) atoms. The van der Waals surface area contributed by atoms with E-state index < -0.39 is 6.09 Å². The Balaban J connectivity index is 1.27. The summed E-state index contributed by atoms with van der Waals surface area (Å²) in [5.74, 6) is 1.82. The first-order valence-corrected chi connectivity index (χ1v) is 12.2. The molecule has 174 valence electrons. The molecule has 4 rings (SSSR count). The predicted molar refractivity (Wildman–Crippen MR) is 125 cm³/mol. The van der Waals surface area contributed by atoms with Gasteiger partial charge in [0.1, 0.15) is 5.75 Å². The molecule has 1 saturated heterocycles. The highest BCUT2D eigenvalue weighted by atomic mass is 16.6. The number of benzene rings is 1. The standard InChI is InChI=1S/C25H36N4O3/c1-20-18-24(32-25(30)26-19-21-8-3-2-4-9-21)29(27-20)22-10-12-23(13-11-22)31-17-7-16-28-14-5-6-15-28/h10-13,18,21H,2-9,14-17,19H2,1H3,(H,26,30). The Kier molecular flexibility index (Phi) is 8.04. The number of rotatable bonds is 9. The third kappa shape index (κ3) is 6.48. The highest BCUT2D eigenvalue weighted by Crippen LogP contribution is 2.24. The summed E-state index contributed by atoms with van der Waals surface area (Å²) in [4.78, 5) is 14.8. The Labute approximate surface area is 191 Å². The number of ether oxygens (including phenoxy) is 2. The van der Waals surface area contributed by atoms with Crippen LogP contribution in [-0.2, 0) is 0 Å². The van der Waals surface area contributed by atoms with Gasteiger partial charge in [0.2, 0.25) is 5.88 Å². The van der Waals surface area contributed by atoms with Crippen LogP contribution in [0.4, 0.5) is 4.79 Å². The highest BCUT2D eigenvalue weighted by Gasteiger charge is 2.17. The fraction of sp³-hybridized carbons (Fsp3) is 0.600. The van der Waals surface area contributed by atoms with Crippen LogP contribution in [0.2, 0.25) is 0 Å². The highest BCUT2D eigenvalue weighted by molar-refractivity contribution is 5.70. The molecule has 0 unspecified atom stereocenters. The van der Waals surface area contributed by atoms with Crippen molar-refractivity contribution in [3.05, 3.63) is 36.0 Å². The Morgan fingerprint density at radius 1 is 1.09 bits per heavy atom. The molecule has 1 aromatic carbocycles. The molecule has 1 aliphatic carbocycles. The van der Waals surface area contributed by atoms with Crippen molar-refractivity contribution in [2.75, 3.05) is 32.8 Å². The second kappa shape index (κ2) is 11.4. The molecule has 0 spiro atoms. The lowest BCUT2D eigenvalue weighted by atomic mass is 9.89. The molecule has 2 heterocycles. The van der Waals surface area contributed by atoms with Crippen LogP contribution in [0, 0.1) is 12.8 Å². The van der Waals surface area contributed by atoms with Gasteiger partial charge in [0.05, 0.1) is 18.0 Å². The molecular formula is C25H36N4O3. The number of carbonyl (C=O) groups excluding carboxylic acids is 1. The lowest BCUT2D eigenvalue weighted by molar-refractivity contribution is 0.193. The van der Waals surface area contributed by atoms with Gasteiger partial charge in [-0.15, -0.1) is 0 Å². The van der Waals surface area contributed by atoms with E-state index in [1.54, 1.807) is 10.7 Å². The van der Waals surface area contributed by atoms with Gasteiger partial charge in [-0.3, -0.25) is 0 Å². The topological polar surface area (TPSA) is 68.6 Å². The van der Waals surface area contributed by atoms with Crippen LogP contribution in [0.15, 0.2) is 30.3 Å². The number of amides is 1. The summed E-state index contributed by atoms with van der Waals surface area (Å²) < 4.78 is 13.1. The molecular weight excluding hydrogens is 404 g/mol. The van der Waals surface area contributed by atoms with Gasteiger partial charge in [0.15, 0.2) is 0 Å². The first kappa shape index (κ1) is 22.6. The largest absolute Gasteiger partial charge is 0.494 e. The van der Waals surface area contributed by atoms with E-state index in [4.69, 9.17) is 9.47 Å². The Morgan fingerprint density at radius 2 is 1.84 bits per heavy atom. The molecule has 2 aromatic rings. The molecule has 1 aliphatic heterocycles.